The lowest BCUT2D eigenvalue weighted by Gasteiger charge is -2.17. The molecule has 0 fully saturated rings. The topological polar surface area (TPSA) is 47.3 Å². The first kappa shape index (κ1) is 15.6. The fourth-order valence-corrected chi connectivity index (χ4v) is 2.03. The average Bonchev–Trinajstić information content (AvgIpc) is 2.42. The molecule has 0 aliphatic carbocycles. The van der Waals surface area contributed by atoms with Crippen LogP contribution >= 0.6 is 11.6 Å². The molecular weight excluding hydrogens is 305 g/mol. The zero-order valence-electron chi connectivity index (χ0n) is 10.7. The highest BCUT2D eigenvalue weighted by Crippen LogP contribution is 2.27. The molecule has 0 aliphatic heterocycles. The van der Waals surface area contributed by atoms with Crippen LogP contribution in [0.5, 0.6) is 5.75 Å². The lowest BCUT2D eigenvalue weighted by atomic mass is 9.99. The zero-order chi connectivity index (χ0) is 15.5. The van der Waals surface area contributed by atoms with E-state index in [9.17, 15) is 13.2 Å². The van der Waals surface area contributed by atoms with Gasteiger partial charge in [0.15, 0.2) is 0 Å². The number of rotatable bonds is 4. The fraction of sp³-hybridized carbons (Fsp3) is 0.143. The van der Waals surface area contributed by atoms with Crippen molar-refractivity contribution >= 4 is 11.6 Å². The van der Waals surface area contributed by atoms with Gasteiger partial charge in [0.1, 0.15) is 5.75 Å². The SMILES string of the molecule is NNC(c1ccc(Cl)cc1)c1ccc(OC(F)(F)F)cc1. The van der Waals surface area contributed by atoms with Gasteiger partial charge in [0, 0.05) is 5.02 Å². The summed E-state index contributed by atoms with van der Waals surface area (Å²) in [6.07, 6.45) is -4.71. The Morgan fingerprint density at radius 2 is 1.43 bits per heavy atom. The highest BCUT2D eigenvalue weighted by atomic mass is 35.5. The average molecular weight is 317 g/mol. The second-order valence-electron chi connectivity index (χ2n) is 4.27. The monoisotopic (exact) mass is 316 g/mol. The predicted octanol–water partition coefficient (Wildman–Crippen LogP) is 3.79. The summed E-state index contributed by atoms with van der Waals surface area (Å²) in [7, 11) is 0. The number of hydrogen-bond acceptors (Lipinski definition) is 3. The van der Waals surface area contributed by atoms with Crippen LogP contribution < -0.4 is 16.0 Å². The molecule has 0 radical (unpaired) electrons. The van der Waals surface area contributed by atoms with Crippen molar-refractivity contribution in [2.45, 2.75) is 12.4 Å². The summed E-state index contributed by atoms with van der Waals surface area (Å²) in [5.41, 5.74) is 4.16. The summed E-state index contributed by atoms with van der Waals surface area (Å²) < 4.78 is 40.1. The number of hydrazine groups is 1. The molecule has 21 heavy (non-hydrogen) atoms. The van der Waals surface area contributed by atoms with Crippen LogP contribution in [-0.2, 0) is 0 Å². The number of ether oxygens (including phenoxy) is 1. The summed E-state index contributed by atoms with van der Waals surface area (Å²) in [5.74, 6) is 5.24. The largest absolute Gasteiger partial charge is 0.573 e. The Balaban J connectivity index is 2.21. The van der Waals surface area contributed by atoms with E-state index >= 15 is 0 Å². The Hall–Kier alpha value is -1.76. The lowest BCUT2D eigenvalue weighted by molar-refractivity contribution is -0.274. The van der Waals surface area contributed by atoms with Crippen molar-refractivity contribution in [1.82, 2.24) is 5.43 Å². The molecular formula is C14H12ClF3N2O. The number of halogens is 4. The number of hydrogen-bond donors (Lipinski definition) is 2. The quantitative estimate of drug-likeness (QED) is 0.666. The maximum absolute atomic E-state index is 12.1. The predicted molar refractivity (Wildman–Crippen MR) is 73.7 cm³/mol. The second kappa shape index (κ2) is 6.34. The first-order chi connectivity index (χ1) is 9.89. The minimum Gasteiger partial charge on any atom is -0.406 e. The minimum atomic E-state index is -4.71. The van der Waals surface area contributed by atoms with Crippen molar-refractivity contribution in [1.29, 1.82) is 0 Å². The molecule has 3 N–H and O–H groups in total. The Kier molecular flexibility index (Phi) is 4.72. The van der Waals surface area contributed by atoms with E-state index in [1.54, 1.807) is 24.3 Å². The smallest absolute Gasteiger partial charge is 0.406 e. The fourth-order valence-electron chi connectivity index (χ4n) is 1.90. The summed E-state index contributed by atoms with van der Waals surface area (Å²) in [6.45, 7) is 0. The van der Waals surface area contributed by atoms with Crippen LogP contribution in [0.25, 0.3) is 0 Å². The van der Waals surface area contributed by atoms with E-state index in [1.165, 1.54) is 24.3 Å². The van der Waals surface area contributed by atoms with E-state index in [4.69, 9.17) is 17.4 Å². The summed E-state index contributed by atoms with van der Waals surface area (Å²) in [5, 5.41) is 0.587. The Morgan fingerprint density at radius 3 is 1.86 bits per heavy atom. The van der Waals surface area contributed by atoms with Gasteiger partial charge in [0.25, 0.3) is 0 Å². The van der Waals surface area contributed by atoms with E-state index in [1.807, 2.05) is 0 Å². The maximum atomic E-state index is 12.1. The van der Waals surface area contributed by atoms with Crippen LogP contribution in [0.3, 0.4) is 0 Å². The first-order valence-electron chi connectivity index (χ1n) is 5.96. The molecule has 3 nitrogen and oxygen atoms in total. The van der Waals surface area contributed by atoms with E-state index in [0.717, 1.165) is 5.56 Å². The Morgan fingerprint density at radius 1 is 0.952 bits per heavy atom. The van der Waals surface area contributed by atoms with Crippen molar-refractivity contribution in [2.24, 2.45) is 5.84 Å². The maximum Gasteiger partial charge on any atom is 0.573 e. The third kappa shape index (κ3) is 4.35. The van der Waals surface area contributed by atoms with Crippen molar-refractivity contribution in [3.05, 3.63) is 64.7 Å². The molecule has 1 atom stereocenters. The molecule has 2 aromatic carbocycles. The molecule has 0 amide bonds. The summed E-state index contributed by atoms with van der Waals surface area (Å²) >= 11 is 5.81. The molecule has 0 spiro atoms. The molecule has 1 unspecified atom stereocenters. The molecule has 7 heteroatoms. The van der Waals surface area contributed by atoms with Crippen molar-refractivity contribution in [2.75, 3.05) is 0 Å². The molecule has 0 aliphatic rings. The van der Waals surface area contributed by atoms with Crippen LogP contribution in [0.1, 0.15) is 17.2 Å². The third-order valence-corrected chi connectivity index (χ3v) is 3.07. The van der Waals surface area contributed by atoms with Crippen LogP contribution in [0, 0.1) is 0 Å². The Bertz CT molecular complexity index is 585. The molecule has 0 heterocycles. The first-order valence-corrected chi connectivity index (χ1v) is 6.34. The van der Waals surface area contributed by atoms with Crippen LogP contribution in [-0.4, -0.2) is 6.36 Å². The summed E-state index contributed by atoms with van der Waals surface area (Å²) in [6, 6.07) is 12.1. The minimum absolute atomic E-state index is 0.280. The van der Waals surface area contributed by atoms with Gasteiger partial charge in [-0.25, -0.2) is 5.43 Å². The van der Waals surface area contributed by atoms with Crippen molar-refractivity contribution < 1.29 is 17.9 Å². The molecule has 2 rings (SSSR count). The van der Waals surface area contributed by atoms with Gasteiger partial charge in [-0.15, -0.1) is 13.2 Å². The van der Waals surface area contributed by atoms with Crippen molar-refractivity contribution in [3.8, 4) is 5.75 Å². The molecule has 0 bridgehead atoms. The number of nitrogens with one attached hydrogen (secondary N) is 1. The van der Waals surface area contributed by atoms with Gasteiger partial charge in [-0.1, -0.05) is 35.9 Å². The van der Waals surface area contributed by atoms with E-state index in [2.05, 4.69) is 10.2 Å². The van der Waals surface area contributed by atoms with Gasteiger partial charge >= 0.3 is 6.36 Å². The Labute approximate surface area is 124 Å². The molecule has 112 valence electrons. The van der Waals surface area contributed by atoms with Crippen LogP contribution in [0.4, 0.5) is 13.2 Å². The normalized spacial score (nSPS) is 13.0. The van der Waals surface area contributed by atoms with Crippen LogP contribution in [0.2, 0.25) is 5.02 Å². The van der Waals surface area contributed by atoms with E-state index in [0.29, 0.717) is 10.6 Å². The third-order valence-electron chi connectivity index (χ3n) is 2.82. The standard InChI is InChI=1S/C14H12ClF3N2O/c15-11-5-1-9(2-6-11)13(20-19)10-3-7-12(8-4-10)21-14(16,17)18/h1-8,13,20H,19H2. The second-order valence-corrected chi connectivity index (χ2v) is 4.70. The lowest BCUT2D eigenvalue weighted by Crippen LogP contribution is -2.28. The van der Waals surface area contributed by atoms with Gasteiger partial charge in [-0.2, -0.15) is 0 Å². The van der Waals surface area contributed by atoms with E-state index in [-0.39, 0.29) is 11.8 Å². The number of benzene rings is 2. The highest BCUT2D eigenvalue weighted by Gasteiger charge is 2.31. The molecule has 0 saturated carbocycles. The van der Waals surface area contributed by atoms with Gasteiger partial charge < -0.3 is 4.74 Å². The molecule has 0 aromatic heterocycles. The van der Waals surface area contributed by atoms with Gasteiger partial charge in [0.2, 0.25) is 0 Å². The van der Waals surface area contributed by atoms with Crippen LogP contribution in [0.15, 0.2) is 48.5 Å². The zero-order valence-corrected chi connectivity index (χ0v) is 11.4. The van der Waals surface area contributed by atoms with Gasteiger partial charge in [0.05, 0.1) is 6.04 Å². The number of alkyl halides is 3. The highest BCUT2D eigenvalue weighted by molar-refractivity contribution is 6.30. The molecule has 0 saturated heterocycles. The van der Waals surface area contributed by atoms with E-state index < -0.39 is 6.36 Å². The van der Waals surface area contributed by atoms with Crippen molar-refractivity contribution in [3.63, 3.8) is 0 Å². The van der Waals surface area contributed by atoms with Gasteiger partial charge in [-0.3, -0.25) is 5.84 Å². The summed E-state index contributed by atoms with van der Waals surface area (Å²) in [4.78, 5) is 0. The number of nitrogens with two attached hydrogens (primary N) is 1. The molecule has 2 aromatic rings. The van der Waals surface area contributed by atoms with Gasteiger partial charge in [-0.05, 0) is 35.4 Å².